The van der Waals surface area contributed by atoms with E-state index in [9.17, 15) is 22.7 Å². The molecule has 3 atom stereocenters. The molecule has 3 heterocycles. The zero-order valence-electron chi connectivity index (χ0n) is 18.9. The molecule has 180 valence electrons. The third-order valence-electron chi connectivity index (χ3n) is 7.67. The van der Waals surface area contributed by atoms with Gasteiger partial charge in [-0.2, -0.15) is 4.98 Å². The summed E-state index contributed by atoms with van der Waals surface area (Å²) >= 11 is 0. The summed E-state index contributed by atoms with van der Waals surface area (Å²) < 4.78 is 40.9. The molecule has 3 fully saturated rings. The molecular formula is C22H30FN5O4S. The van der Waals surface area contributed by atoms with Crippen molar-refractivity contribution in [2.75, 3.05) is 24.7 Å². The van der Waals surface area contributed by atoms with Gasteiger partial charge in [0.15, 0.2) is 0 Å². The minimum Gasteiger partial charge on any atom is -0.392 e. The molecule has 5 rings (SSSR count). The fourth-order valence-corrected chi connectivity index (χ4v) is 6.48. The SMILES string of the molecule is CC(F)c1cc2cnc(NC3CCN(S(C)(=O)=O)CC3)nc2n([C@@H]2CCC(O)C23CC3)c1=O. The maximum Gasteiger partial charge on any atom is 0.258 e. The normalized spacial score (nSPS) is 26.7. The van der Waals surface area contributed by atoms with Gasteiger partial charge in [-0.15, -0.1) is 0 Å². The largest absolute Gasteiger partial charge is 0.392 e. The van der Waals surface area contributed by atoms with Gasteiger partial charge in [-0.25, -0.2) is 22.1 Å². The zero-order chi connectivity index (χ0) is 23.5. The Hall–Kier alpha value is -2.11. The van der Waals surface area contributed by atoms with Crippen LogP contribution in [0.5, 0.6) is 0 Å². The molecule has 0 amide bonds. The van der Waals surface area contributed by atoms with Gasteiger partial charge in [0.25, 0.3) is 5.56 Å². The number of pyridine rings is 1. The molecule has 2 aromatic heterocycles. The van der Waals surface area contributed by atoms with Crippen molar-refractivity contribution in [3.05, 3.63) is 28.2 Å². The average molecular weight is 480 g/mol. The van der Waals surface area contributed by atoms with E-state index in [1.54, 1.807) is 10.8 Å². The van der Waals surface area contributed by atoms with Crippen LogP contribution in [0.4, 0.5) is 10.3 Å². The molecule has 1 saturated heterocycles. The highest BCUT2D eigenvalue weighted by Gasteiger charge is 2.59. The van der Waals surface area contributed by atoms with E-state index in [0.717, 1.165) is 12.8 Å². The predicted molar refractivity (Wildman–Crippen MR) is 122 cm³/mol. The summed E-state index contributed by atoms with van der Waals surface area (Å²) in [4.78, 5) is 22.4. The quantitative estimate of drug-likeness (QED) is 0.675. The minimum absolute atomic E-state index is 0.00818. The van der Waals surface area contributed by atoms with Gasteiger partial charge < -0.3 is 10.4 Å². The monoisotopic (exact) mass is 479 g/mol. The number of piperidine rings is 1. The molecule has 1 aliphatic heterocycles. The summed E-state index contributed by atoms with van der Waals surface area (Å²) in [5.74, 6) is 0.359. The summed E-state index contributed by atoms with van der Waals surface area (Å²) in [5.41, 5.74) is -0.196. The Bertz CT molecular complexity index is 1240. The third kappa shape index (κ3) is 3.93. The van der Waals surface area contributed by atoms with E-state index in [1.807, 2.05) is 0 Å². The molecule has 1 spiro atoms. The Labute approximate surface area is 192 Å². The number of fused-ring (bicyclic) bond motifs is 1. The van der Waals surface area contributed by atoms with Crippen LogP contribution in [0.3, 0.4) is 0 Å². The number of aliphatic hydroxyl groups is 1. The second kappa shape index (κ2) is 7.99. The fourth-order valence-electron chi connectivity index (χ4n) is 5.61. The van der Waals surface area contributed by atoms with Crippen LogP contribution >= 0.6 is 0 Å². The van der Waals surface area contributed by atoms with E-state index in [4.69, 9.17) is 0 Å². The van der Waals surface area contributed by atoms with Gasteiger partial charge >= 0.3 is 0 Å². The van der Waals surface area contributed by atoms with Crippen molar-refractivity contribution >= 4 is 27.0 Å². The number of hydrogen-bond acceptors (Lipinski definition) is 7. The molecule has 2 saturated carbocycles. The molecule has 11 heteroatoms. The van der Waals surface area contributed by atoms with Crippen LogP contribution in [0.15, 0.2) is 17.1 Å². The lowest BCUT2D eigenvalue weighted by molar-refractivity contribution is 0.103. The summed E-state index contributed by atoms with van der Waals surface area (Å²) in [5, 5.41) is 14.4. The molecule has 2 aliphatic carbocycles. The Morgan fingerprint density at radius 3 is 2.55 bits per heavy atom. The maximum absolute atomic E-state index is 14.3. The van der Waals surface area contributed by atoms with Crippen LogP contribution in [0.25, 0.3) is 11.0 Å². The number of anilines is 1. The average Bonchev–Trinajstić information content (AvgIpc) is 3.50. The van der Waals surface area contributed by atoms with Gasteiger partial charge in [0.2, 0.25) is 16.0 Å². The van der Waals surface area contributed by atoms with Crippen LogP contribution in [-0.2, 0) is 10.0 Å². The highest BCUT2D eigenvalue weighted by Crippen LogP contribution is 2.63. The van der Waals surface area contributed by atoms with Crippen molar-refractivity contribution in [2.24, 2.45) is 5.41 Å². The third-order valence-corrected chi connectivity index (χ3v) is 8.97. The van der Waals surface area contributed by atoms with Crippen molar-refractivity contribution in [2.45, 2.75) is 69.8 Å². The Morgan fingerprint density at radius 2 is 1.94 bits per heavy atom. The molecule has 33 heavy (non-hydrogen) atoms. The maximum atomic E-state index is 14.3. The van der Waals surface area contributed by atoms with Crippen molar-refractivity contribution < 1.29 is 17.9 Å². The second-order valence-corrected chi connectivity index (χ2v) is 11.8. The number of aliphatic hydroxyl groups excluding tert-OH is 1. The number of nitrogens with one attached hydrogen (secondary N) is 1. The molecular weight excluding hydrogens is 449 g/mol. The Morgan fingerprint density at radius 1 is 1.24 bits per heavy atom. The van der Waals surface area contributed by atoms with Gasteiger partial charge in [0, 0.05) is 42.2 Å². The summed E-state index contributed by atoms with van der Waals surface area (Å²) in [6, 6.07) is 1.31. The van der Waals surface area contributed by atoms with Gasteiger partial charge in [-0.1, -0.05) is 0 Å². The van der Waals surface area contributed by atoms with E-state index in [-0.39, 0.29) is 23.1 Å². The van der Waals surface area contributed by atoms with Crippen LogP contribution in [-0.4, -0.2) is 63.9 Å². The number of rotatable bonds is 5. The topological polar surface area (TPSA) is 117 Å². The highest BCUT2D eigenvalue weighted by molar-refractivity contribution is 7.88. The predicted octanol–water partition coefficient (Wildman–Crippen LogP) is 2.13. The van der Waals surface area contributed by atoms with E-state index < -0.39 is 27.9 Å². The van der Waals surface area contributed by atoms with Gasteiger partial charge in [-0.05, 0) is 51.5 Å². The van der Waals surface area contributed by atoms with Crippen LogP contribution in [0, 0.1) is 5.41 Å². The van der Waals surface area contributed by atoms with E-state index >= 15 is 0 Å². The summed E-state index contributed by atoms with van der Waals surface area (Å²) in [6.07, 6.45) is 5.13. The van der Waals surface area contributed by atoms with Gasteiger partial charge in [0.05, 0.1) is 17.9 Å². The molecule has 2 N–H and O–H groups in total. The molecule has 0 radical (unpaired) electrons. The lowest BCUT2D eigenvalue weighted by atomic mass is 9.97. The molecule has 0 bridgehead atoms. The van der Waals surface area contributed by atoms with Crippen molar-refractivity contribution in [3.8, 4) is 0 Å². The molecule has 2 aromatic rings. The fraction of sp³-hybridized carbons (Fsp3) is 0.682. The molecule has 9 nitrogen and oxygen atoms in total. The minimum atomic E-state index is -3.21. The van der Waals surface area contributed by atoms with E-state index in [1.165, 1.54) is 23.6 Å². The zero-order valence-corrected chi connectivity index (χ0v) is 19.7. The summed E-state index contributed by atoms with van der Waals surface area (Å²) in [7, 11) is -3.21. The first-order valence-corrected chi connectivity index (χ1v) is 13.4. The van der Waals surface area contributed by atoms with Crippen LogP contribution < -0.4 is 10.9 Å². The standard InChI is InChI=1S/C22H30FN5O4S/c1-13(23)16-11-14-12-24-21(25-15-5-9-27(10-6-15)33(2,31)32)26-19(14)28(20(16)30)17-3-4-18(29)22(17)7-8-22/h11-13,15,17-18,29H,3-10H2,1-2H3,(H,24,25,26)/t13?,17-,18?/m1/s1. The van der Waals surface area contributed by atoms with E-state index in [2.05, 4.69) is 15.3 Å². The number of halogens is 1. The number of hydrogen-bond donors (Lipinski definition) is 2. The first kappa shape index (κ1) is 22.7. The number of sulfonamides is 1. The van der Waals surface area contributed by atoms with Gasteiger partial charge in [-0.3, -0.25) is 9.36 Å². The van der Waals surface area contributed by atoms with E-state index in [0.29, 0.717) is 55.8 Å². The Kier molecular flexibility index (Phi) is 5.49. The number of nitrogens with zero attached hydrogens (tertiary/aromatic N) is 4. The number of alkyl halides is 1. The summed E-state index contributed by atoms with van der Waals surface area (Å²) in [6.45, 7) is 2.20. The number of aromatic nitrogens is 3. The van der Waals surface area contributed by atoms with Crippen molar-refractivity contribution in [1.82, 2.24) is 18.8 Å². The molecule has 0 aromatic carbocycles. The molecule has 2 unspecified atom stereocenters. The second-order valence-electron chi connectivity index (χ2n) is 9.79. The lowest BCUT2D eigenvalue weighted by Gasteiger charge is -2.30. The highest BCUT2D eigenvalue weighted by atomic mass is 32.2. The van der Waals surface area contributed by atoms with Crippen molar-refractivity contribution in [1.29, 1.82) is 0 Å². The smallest absolute Gasteiger partial charge is 0.258 e. The van der Waals surface area contributed by atoms with Crippen LogP contribution in [0.2, 0.25) is 0 Å². The first-order valence-electron chi connectivity index (χ1n) is 11.6. The van der Waals surface area contributed by atoms with Crippen molar-refractivity contribution in [3.63, 3.8) is 0 Å². The lowest BCUT2D eigenvalue weighted by Crippen LogP contribution is -2.42. The van der Waals surface area contributed by atoms with Crippen LogP contribution in [0.1, 0.15) is 63.2 Å². The van der Waals surface area contributed by atoms with Gasteiger partial charge in [0.1, 0.15) is 11.8 Å². The Balaban J connectivity index is 1.50. The molecule has 3 aliphatic rings. The first-order chi connectivity index (χ1) is 15.6.